The van der Waals surface area contributed by atoms with E-state index in [1.165, 1.54) is 0 Å². The molecule has 0 spiro atoms. The van der Waals surface area contributed by atoms with Crippen molar-refractivity contribution in [1.82, 2.24) is 5.32 Å². The maximum absolute atomic E-state index is 12.0. The lowest BCUT2D eigenvalue weighted by molar-refractivity contribution is 0.0946. The number of hydrogen-bond donors (Lipinski definition) is 1. The predicted octanol–water partition coefficient (Wildman–Crippen LogP) is 3.47. The molecule has 2 aromatic carbocycles. The Bertz CT molecular complexity index is 684. The Morgan fingerprint density at radius 3 is 2.81 bits per heavy atom. The number of benzene rings is 2. The number of alkyl halides is 1. The van der Waals surface area contributed by atoms with E-state index in [9.17, 15) is 4.79 Å². The van der Waals surface area contributed by atoms with Crippen LogP contribution < -0.4 is 10.1 Å². The largest absolute Gasteiger partial charge is 0.497 e. The van der Waals surface area contributed by atoms with Gasteiger partial charge in [-0.15, -0.1) is 0 Å². The van der Waals surface area contributed by atoms with Crippen LogP contribution in [0.4, 0.5) is 0 Å². The van der Waals surface area contributed by atoms with Crippen LogP contribution in [0.15, 0.2) is 42.5 Å². The molecule has 2 aromatic rings. The SMILES string of the molecule is COc1cccc(C(Br)c2ccc3c(c2)C(=O)NCC3)c1. The first-order valence-corrected chi connectivity index (χ1v) is 7.79. The quantitative estimate of drug-likeness (QED) is 0.865. The highest BCUT2D eigenvalue weighted by molar-refractivity contribution is 9.09. The molecule has 0 bridgehead atoms. The van der Waals surface area contributed by atoms with Crippen LogP contribution in [0.3, 0.4) is 0 Å². The fourth-order valence-corrected chi connectivity index (χ4v) is 3.15. The molecule has 0 aliphatic carbocycles. The number of amides is 1. The van der Waals surface area contributed by atoms with Gasteiger partial charge in [-0.3, -0.25) is 4.79 Å². The third-order valence-corrected chi connectivity index (χ3v) is 4.79. The molecular weight excluding hydrogens is 330 g/mol. The molecule has 0 saturated heterocycles. The van der Waals surface area contributed by atoms with Crippen LogP contribution in [0.5, 0.6) is 5.75 Å². The summed E-state index contributed by atoms with van der Waals surface area (Å²) in [6, 6.07) is 14.0. The maximum atomic E-state index is 12.0. The minimum atomic E-state index is 0.0171. The summed E-state index contributed by atoms with van der Waals surface area (Å²) in [5.74, 6) is 0.844. The van der Waals surface area contributed by atoms with E-state index < -0.39 is 0 Å². The first-order chi connectivity index (χ1) is 10.2. The molecule has 1 amide bonds. The van der Waals surface area contributed by atoms with E-state index in [1.807, 2.05) is 30.3 Å². The molecule has 1 N–H and O–H groups in total. The molecule has 21 heavy (non-hydrogen) atoms. The minimum Gasteiger partial charge on any atom is -0.497 e. The standard InChI is InChI=1S/C17H16BrNO2/c1-21-14-4-2-3-12(9-14)16(18)13-6-5-11-7-8-19-17(20)15(11)10-13/h2-6,9-10,16H,7-8H2,1H3,(H,19,20). The van der Waals surface area contributed by atoms with Crippen molar-refractivity contribution < 1.29 is 9.53 Å². The highest BCUT2D eigenvalue weighted by atomic mass is 79.9. The highest BCUT2D eigenvalue weighted by Gasteiger charge is 2.19. The Hall–Kier alpha value is -1.81. The Kier molecular flexibility index (Phi) is 3.97. The van der Waals surface area contributed by atoms with Crippen LogP contribution in [0.2, 0.25) is 0 Å². The lowest BCUT2D eigenvalue weighted by Crippen LogP contribution is -2.31. The maximum Gasteiger partial charge on any atom is 0.251 e. The van der Waals surface area contributed by atoms with E-state index in [2.05, 4.69) is 33.4 Å². The number of methoxy groups -OCH3 is 1. The third kappa shape index (κ3) is 2.81. The van der Waals surface area contributed by atoms with Crippen LogP contribution in [0, 0.1) is 0 Å². The molecule has 0 saturated carbocycles. The summed E-state index contributed by atoms with van der Waals surface area (Å²) >= 11 is 3.72. The highest BCUT2D eigenvalue weighted by Crippen LogP contribution is 2.33. The number of ether oxygens (including phenoxy) is 1. The van der Waals surface area contributed by atoms with E-state index >= 15 is 0 Å². The summed E-state index contributed by atoms with van der Waals surface area (Å²) in [6.45, 7) is 0.721. The molecule has 1 unspecified atom stereocenters. The second kappa shape index (κ2) is 5.90. The van der Waals surface area contributed by atoms with Gasteiger partial charge in [-0.05, 0) is 41.3 Å². The Morgan fingerprint density at radius 1 is 1.19 bits per heavy atom. The van der Waals surface area contributed by atoms with Gasteiger partial charge in [-0.2, -0.15) is 0 Å². The van der Waals surface area contributed by atoms with Crippen molar-refractivity contribution >= 4 is 21.8 Å². The zero-order valence-electron chi connectivity index (χ0n) is 11.7. The molecule has 0 radical (unpaired) electrons. The number of carbonyl (C=O) groups excluding carboxylic acids is 1. The summed E-state index contributed by atoms with van der Waals surface area (Å²) in [7, 11) is 1.66. The van der Waals surface area contributed by atoms with Crippen molar-refractivity contribution in [3.8, 4) is 5.75 Å². The topological polar surface area (TPSA) is 38.3 Å². The van der Waals surface area contributed by atoms with Crippen LogP contribution >= 0.6 is 15.9 Å². The summed E-state index contributed by atoms with van der Waals surface area (Å²) in [5, 5.41) is 2.89. The first kappa shape index (κ1) is 14.1. The van der Waals surface area contributed by atoms with Crippen molar-refractivity contribution in [2.45, 2.75) is 11.2 Å². The van der Waals surface area contributed by atoms with Crippen molar-refractivity contribution in [1.29, 1.82) is 0 Å². The van der Waals surface area contributed by atoms with E-state index in [0.717, 1.165) is 41.0 Å². The van der Waals surface area contributed by atoms with Crippen LogP contribution in [-0.4, -0.2) is 19.6 Å². The number of fused-ring (bicyclic) bond motifs is 1. The van der Waals surface area contributed by atoms with Crippen LogP contribution in [0.25, 0.3) is 0 Å². The first-order valence-electron chi connectivity index (χ1n) is 6.88. The van der Waals surface area contributed by atoms with E-state index in [-0.39, 0.29) is 10.7 Å². The van der Waals surface area contributed by atoms with Gasteiger partial charge >= 0.3 is 0 Å². The number of hydrogen-bond acceptors (Lipinski definition) is 2. The van der Waals surface area contributed by atoms with Gasteiger partial charge in [0, 0.05) is 12.1 Å². The summed E-state index contributed by atoms with van der Waals surface area (Å²) in [6.07, 6.45) is 0.896. The van der Waals surface area contributed by atoms with Crippen LogP contribution in [-0.2, 0) is 6.42 Å². The van der Waals surface area contributed by atoms with Crippen molar-refractivity contribution in [3.63, 3.8) is 0 Å². The second-order valence-corrected chi connectivity index (χ2v) is 5.98. The molecular formula is C17H16BrNO2. The molecule has 3 nitrogen and oxygen atoms in total. The minimum absolute atomic E-state index is 0.0171. The molecule has 1 heterocycles. The number of nitrogens with one attached hydrogen (secondary N) is 1. The lowest BCUT2D eigenvalue weighted by Gasteiger charge is -2.19. The van der Waals surface area contributed by atoms with Gasteiger partial charge in [0.15, 0.2) is 0 Å². The molecule has 108 valence electrons. The lowest BCUT2D eigenvalue weighted by atomic mass is 9.95. The van der Waals surface area contributed by atoms with Gasteiger partial charge in [0.05, 0.1) is 11.9 Å². The summed E-state index contributed by atoms with van der Waals surface area (Å²) < 4.78 is 5.26. The average Bonchev–Trinajstić information content (AvgIpc) is 2.54. The Labute approximate surface area is 132 Å². The van der Waals surface area contributed by atoms with Gasteiger partial charge in [0.25, 0.3) is 5.91 Å². The van der Waals surface area contributed by atoms with Gasteiger partial charge in [0.1, 0.15) is 5.75 Å². The summed E-state index contributed by atoms with van der Waals surface area (Å²) in [4.78, 5) is 12.0. The summed E-state index contributed by atoms with van der Waals surface area (Å²) in [5.41, 5.74) is 4.07. The van der Waals surface area contributed by atoms with Crippen molar-refractivity contribution in [2.75, 3.05) is 13.7 Å². The van der Waals surface area contributed by atoms with Gasteiger partial charge in [-0.1, -0.05) is 40.2 Å². The van der Waals surface area contributed by atoms with Crippen molar-refractivity contribution in [2.24, 2.45) is 0 Å². The molecule has 1 atom stereocenters. The average molecular weight is 346 g/mol. The zero-order chi connectivity index (χ0) is 14.8. The Balaban J connectivity index is 1.96. The number of carbonyl (C=O) groups is 1. The molecule has 1 aliphatic heterocycles. The predicted molar refractivity (Wildman–Crippen MR) is 86.2 cm³/mol. The van der Waals surface area contributed by atoms with Gasteiger partial charge in [-0.25, -0.2) is 0 Å². The number of rotatable bonds is 3. The molecule has 4 heteroatoms. The smallest absolute Gasteiger partial charge is 0.251 e. The molecule has 3 rings (SSSR count). The third-order valence-electron chi connectivity index (χ3n) is 3.74. The zero-order valence-corrected chi connectivity index (χ0v) is 13.3. The molecule has 1 aliphatic rings. The fraction of sp³-hybridized carbons (Fsp3) is 0.235. The molecule has 0 fully saturated rings. The van der Waals surface area contributed by atoms with E-state index in [0.29, 0.717) is 0 Å². The van der Waals surface area contributed by atoms with Crippen LogP contribution in [0.1, 0.15) is 31.9 Å². The van der Waals surface area contributed by atoms with Gasteiger partial charge in [0.2, 0.25) is 0 Å². The van der Waals surface area contributed by atoms with E-state index in [1.54, 1.807) is 7.11 Å². The monoisotopic (exact) mass is 345 g/mol. The van der Waals surface area contributed by atoms with Gasteiger partial charge < -0.3 is 10.1 Å². The fourth-order valence-electron chi connectivity index (χ4n) is 2.58. The molecule has 0 aromatic heterocycles. The normalized spacial score (nSPS) is 15.0. The second-order valence-electron chi connectivity index (χ2n) is 5.06. The number of halogens is 1. The van der Waals surface area contributed by atoms with Crippen molar-refractivity contribution in [3.05, 3.63) is 64.7 Å². The van der Waals surface area contributed by atoms with E-state index in [4.69, 9.17) is 4.74 Å². The Morgan fingerprint density at radius 2 is 2.00 bits per heavy atom.